The Hall–Kier alpha value is -2.24. The van der Waals surface area contributed by atoms with E-state index >= 15 is 0 Å². The molecule has 0 aliphatic carbocycles. The first-order chi connectivity index (χ1) is 10.5. The van der Waals surface area contributed by atoms with E-state index in [2.05, 4.69) is 15.4 Å². The average molecular weight is 339 g/mol. The molecule has 0 saturated carbocycles. The lowest BCUT2D eigenvalue weighted by Crippen LogP contribution is -2.20. The van der Waals surface area contributed by atoms with Crippen LogP contribution in [0.5, 0.6) is 0 Å². The molecule has 7 heteroatoms. The summed E-state index contributed by atoms with van der Waals surface area (Å²) in [7, 11) is 1.27. The number of urea groups is 1. The molecule has 2 aromatic rings. The Labute approximate surface area is 137 Å². The number of carbonyl (C=O) groups excluding carboxylic acids is 2. The number of anilines is 2. The maximum absolute atomic E-state index is 12.0. The fourth-order valence-corrected chi connectivity index (χ4v) is 2.07. The second-order valence-electron chi connectivity index (χ2n) is 4.28. The molecule has 0 bridgehead atoms. The van der Waals surface area contributed by atoms with Crippen LogP contribution < -0.4 is 10.6 Å². The summed E-state index contributed by atoms with van der Waals surface area (Å²) in [4.78, 5) is 23.4. The topological polar surface area (TPSA) is 67.4 Å². The Morgan fingerprint density at radius 3 is 2.50 bits per heavy atom. The van der Waals surface area contributed by atoms with Crippen molar-refractivity contribution in [3.05, 3.63) is 58.1 Å². The molecule has 0 unspecified atom stereocenters. The molecule has 5 nitrogen and oxygen atoms in total. The van der Waals surface area contributed by atoms with E-state index in [9.17, 15) is 9.59 Å². The summed E-state index contributed by atoms with van der Waals surface area (Å²) < 4.78 is 4.62. The Balaban J connectivity index is 2.12. The van der Waals surface area contributed by atoms with Gasteiger partial charge in [0.1, 0.15) is 0 Å². The molecule has 0 aliphatic heterocycles. The van der Waals surface area contributed by atoms with Crippen LogP contribution in [0.3, 0.4) is 0 Å². The third-order valence-corrected chi connectivity index (χ3v) is 3.28. The number of halogens is 2. The largest absolute Gasteiger partial charge is 0.465 e. The summed E-state index contributed by atoms with van der Waals surface area (Å²) in [5, 5.41) is 5.98. The molecule has 0 aliphatic rings. The molecule has 0 fully saturated rings. The van der Waals surface area contributed by atoms with Crippen LogP contribution in [0.25, 0.3) is 0 Å². The highest BCUT2D eigenvalue weighted by atomic mass is 35.5. The predicted molar refractivity (Wildman–Crippen MR) is 86.9 cm³/mol. The van der Waals surface area contributed by atoms with Gasteiger partial charge in [0.25, 0.3) is 0 Å². The SMILES string of the molecule is COC(=O)c1ccc(Cl)c(NC(=O)Nc2cccc(Cl)c2)c1. The minimum absolute atomic E-state index is 0.282. The van der Waals surface area contributed by atoms with Crippen molar-refractivity contribution in [2.24, 2.45) is 0 Å². The van der Waals surface area contributed by atoms with Gasteiger partial charge in [0.05, 0.1) is 23.4 Å². The predicted octanol–water partition coefficient (Wildman–Crippen LogP) is 4.42. The van der Waals surface area contributed by atoms with Gasteiger partial charge >= 0.3 is 12.0 Å². The number of hydrogen-bond donors (Lipinski definition) is 2. The number of methoxy groups -OCH3 is 1. The van der Waals surface area contributed by atoms with E-state index in [0.717, 1.165) is 0 Å². The zero-order valence-corrected chi connectivity index (χ0v) is 13.0. The van der Waals surface area contributed by atoms with Gasteiger partial charge in [-0.3, -0.25) is 0 Å². The van der Waals surface area contributed by atoms with Crippen LogP contribution >= 0.6 is 23.2 Å². The number of benzene rings is 2. The second kappa shape index (κ2) is 7.15. The van der Waals surface area contributed by atoms with Crippen molar-refractivity contribution in [3.8, 4) is 0 Å². The molecule has 0 heterocycles. The fraction of sp³-hybridized carbons (Fsp3) is 0.0667. The molecule has 2 aromatic carbocycles. The standard InChI is InChI=1S/C15H12Cl2N2O3/c1-22-14(20)9-5-6-12(17)13(7-9)19-15(21)18-11-4-2-3-10(16)8-11/h2-8H,1H3,(H2,18,19,21). The molecule has 0 atom stereocenters. The molecule has 2 amide bonds. The molecule has 2 rings (SSSR count). The lowest BCUT2D eigenvalue weighted by atomic mass is 10.2. The normalized spacial score (nSPS) is 9.95. The first kappa shape index (κ1) is 16.1. The number of ether oxygens (including phenoxy) is 1. The van der Waals surface area contributed by atoms with Gasteiger partial charge in [-0.05, 0) is 36.4 Å². The summed E-state index contributed by atoms with van der Waals surface area (Å²) in [6.45, 7) is 0. The lowest BCUT2D eigenvalue weighted by Gasteiger charge is -2.10. The van der Waals surface area contributed by atoms with Crippen LogP contribution in [-0.2, 0) is 4.74 Å². The molecular weight excluding hydrogens is 327 g/mol. The number of esters is 1. The molecule has 0 aromatic heterocycles. The van der Waals surface area contributed by atoms with Crippen molar-refractivity contribution in [2.75, 3.05) is 17.7 Å². The summed E-state index contributed by atoms with van der Waals surface area (Å²) >= 11 is 11.8. The van der Waals surface area contributed by atoms with Crippen LogP contribution in [0.2, 0.25) is 10.0 Å². The first-order valence-electron chi connectivity index (χ1n) is 6.21. The Morgan fingerprint density at radius 2 is 1.82 bits per heavy atom. The van der Waals surface area contributed by atoms with Crippen LogP contribution in [0, 0.1) is 0 Å². The Bertz CT molecular complexity index is 720. The fourth-order valence-electron chi connectivity index (χ4n) is 1.72. The smallest absolute Gasteiger partial charge is 0.337 e. The lowest BCUT2D eigenvalue weighted by molar-refractivity contribution is 0.0601. The Morgan fingerprint density at radius 1 is 1.05 bits per heavy atom. The maximum Gasteiger partial charge on any atom is 0.337 e. The van der Waals surface area contributed by atoms with E-state index in [1.807, 2.05) is 0 Å². The van der Waals surface area contributed by atoms with Gasteiger partial charge in [-0.1, -0.05) is 29.3 Å². The summed E-state index contributed by atoms with van der Waals surface area (Å²) in [5.74, 6) is -0.519. The summed E-state index contributed by atoms with van der Waals surface area (Å²) in [5.41, 5.74) is 1.11. The zero-order chi connectivity index (χ0) is 16.1. The molecule has 2 N–H and O–H groups in total. The molecule has 114 valence electrons. The van der Waals surface area contributed by atoms with E-state index in [1.54, 1.807) is 24.3 Å². The van der Waals surface area contributed by atoms with Gasteiger partial charge in [-0.2, -0.15) is 0 Å². The van der Waals surface area contributed by atoms with Crippen molar-refractivity contribution >= 4 is 46.6 Å². The molecule has 0 spiro atoms. The van der Waals surface area contributed by atoms with E-state index in [-0.39, 0.29) is 5.56 Å². The van der Waals surface area contributed by atoms with Crippen molar-refractivity contribution in [2.45, 2.75) is 0 Å². The van der Waals surface area contributed by atoms with Crippen molar-refractivity contribution < 1.29 is 14.3 Å². The summed E-state index contributed by atoms with van der Waals surface area (Å²) in [6, 6.07) is 10.6. The Kier molecular flexibility index (Phi) is 5.25. The maximum atomic E-state index is 12.0. The van der Waals surface area contributed by atoms with E-state index in [1.165, 1.54) is 25.3 Å². The van der Waals surface area contributed by atoms with E-state index in [4.69, 9.17) is 23.2 Å². The van der Waals surface area contributed by atoms with E-state index in [0.29, 0.717) is 21.4 Å². The number of amides is 2. The van der Waals surface area contributed by atoms with Gasteiger partial charge in [0.2, 0.25) is 0 Å². The van der Waals surface area contributed by atoms with Gasteiger partial charge < -0.3 is 15.4 Å². The quantitative estimate of drug-likeness (QED) is 0.813. The van der Waals surface area contributed by atoms with E-state index < -0.39 is 12.0 Å². The summed E-state index contributed by atoms with van der Waals surface area (Å²) in [6.07, 6.45) is 0. The molecule has 0 saturated heterocycles. The van der Waals surface area contributed by atoms with Gasteiger partial charge in [-0.25, -0.2) is 9.59 Å². The number of rotatable bonds is 3. The third kappa shape index (κ3) is 4.13. The second-order valence-corrected chi connectivity index (χ2v) is 5.12. The molecular formula is C15H12Cl2N2O3. The van der Waals surface area contributed by atoms with Crippen LogP contribution in [0.4, 0.5) is 16.2 Å². The number of nitrogens with one attached hydrogen (secondary N) is 2. The highest BCUT2D eigenvalue weighted by Gasteiger charge is 2.11. The average Bonchev–Trinajstić information content (AvgIpc) is 2.48. The first-order valence-corrected chi connectivity index (χ1v) is 6.96. The zero-order valence-electron chi connectivity index (χ0n) is 11.5. The monoisotopic (exact) mass is 338 g/mol. The van der Waals surface area contributed by atoms with Crippen LogP contribution in [-0.4, -0.2) is 19.1 Å². The van der Waals surface area contributed by atoms with Crippen molar-refractivity contribution in [1.29, 1.82) is 0 Å². The highest BCUT2D eigenvalue weighted by Crippen LogP contribution is 2.24. The third-order valence-electron chi connectivity index (χ3n) is 2.72. The minimum Gasteiger partial charge on any atom is -0.465 e. The number of carbonyl (C=O) groups is 2. The van der Waals surface area contributed by atoms with Gasteiger partial charge in [-0.15, -0.1) is 0 Å². The van der Waals surface area contributed by atoms with Crippen LogP contribution in [0.15, 0.2) is 42.5 Å². The van der Waals surface area contributed by atoms with Gasteiger partial charge in [0, 0.05) is 10.7 Å². The van der Waals surface area contributed by atoms with Crippen molar-refractivity contribution in [1.82, 2.24) is 0 Å². The minimum atomic E-state index is -0.519. The van der Waals surface area contributed by atoms with Gasteiger partial charge in [0.15, 0.2) is 0 Å². The van der Waals surface area contributed by atoms with Crippen LogP contribution in [0.1, 0.15) is 10.4 Å². The highest BCUT2D eigenvalue weighted by molar-refractivity contribution is 6.34. The molecule has 0 radical (unpaired) electrons. The molecule has 22 heavy (non-hydrogen) atoms. The number of hydrogen-bond acceptors (Lipinski definition) is 3. The van der Waals surface area contributed by atoms with Crippen molar-refractivity contribution in [3.63, 3.8) is 0 Å².